The molecule has 3 heterocycles. The van der Waals surface area contributed by atoms with Gasteiger partial charge in [-0.15, -0.1) is 11.3 Å². The molecular weight excluding hydrogens is 397 g/mol. The number of ether oxygens (including phenoxy) is 1. The summed E-state index contributed by atoms with van der Waals surface area (Å²) in [5.41, 5.74) is 9.14. The number of aromatic nitrogens is 2. The van der Waals surface area contributed by atoms with E-state index in [1.54, 1.807) is 29.7 Å². The van der Waals surface area contributed by atoms with Crippen molar-refractivity contribution in [1.29, 1.82) is 0 Å². The van der Waals surface area contributed by atoms with Gasteiger partial charge >= 0.3 is 0 Å². The normalized spacial score (nSPS) is 11.1. The molecule has 2 N–H and O–H groups in total. The van der Waals surface area contributed by atoms with Crippen LogP contribution in [0.2, 0.25) is 0 Å². The van der Waals surface area contributed by atoms with Gasteiger partial charge in [0.15, 0.2) is 11.6 Å². The fourth-order valence-corrected chi connectivity index (χ4v) is 4.39. The molecule has 0 amide bonds. The maximum Gasteiger partial charge on any atom is 0.167 e. The van der Waals surface area contributed by atoms with Crippen LogP contribution in [0.15, 0.2) is 85.3 Å². The summed E-state index contributed by atoms with van der Waals surface area (Å²) in [6.07, 6.45) is 5.78. The minimum absolute atomic E-state index is 0.140. The number of benzene rings is 2. The van der Waals surface area contributed by atoms with Crippen LogP contribution in [0, 0.1) is 5.82 Å². The quantitative estimate of drug-likeness (QED) is 0.341. The highest BCUT2D eigenvalue weighted by Crippen LogP contribution is 2.39. The van der Waals surface area contributed by atoms with Gasteiger partial charge in [0.2, 0.25) is 0 Å². The van der Waals surface area contributed by atoms with Crippen molar-refractivity contribution >= 4 is 27.2 Å². The summed E-state index contributed by atoms with van der Waals surface area (Å²) in [7, 11) is 0. The molecule has 3 aromatic heterocycles. The highest BCUT2D eigenvalue weighted by atomic mass is 32.1. The van der Waals surface area contributed by atoms with Gasteiger partial charge in [0.1, 0.15) is 5.75 Å². The van der Waals surface area contributed by atoms with Gasteiger partial charge in [-0.05, 0) is 41.5 Å². The summed E-state index contributed by atoms with van der Waals surface area (Å²) in [6, 6.07) is 20.7. The van der Waals surface area contributed by atoms with Gasteiger partial charge in [-0.2, -0.15) is 0 Å². The summed E-state index contributed by atoms with van der Waals surface area (Å²) < 4.78 is 23.0. The maximum absolute atomic E-state index is 14.2. The number of nitrogens with zero attached hydrogens (tertiary/aromatic N) is 2. The third-order valence-corrected chi connectivity index (χ3v) is 6.01. The summed E-state index contributed by atoms with van der Waals surface area (Å²) >= 11 is 1.58. The predicted octanol–water partition coefficient (Wildman–Crippen LogP) is 6.33. The number of pyridine rings is 1. The predicted molar refractivity (Wildman–Crippen MR) is 119 cm³/mol. The van der Waals surface area contributed by atoms with E-state index in [4.69, 9.17) is 10.5 Å². The van der Waals surface area contributed by atoms with Gasteiger partial charge in [-0.1, -0.05) is 24.3 Å². The molecule has 2 aromatic carbocycles. The first-order valence-electron chi connectivity index (χ1n) is 9.47. The average molecular weight is 415 g/mol. The summed E-state index contributed by atoms with van der Waals surface area (Å²) in [5.74, 6) is 0.222. The third-order valence-electron chi connectivity index (χ3n) is 4.82. The van der Waals surface area contributed by atoms with Crippen LogP contribution in [-0.4, -0.2) is 9.55 Å². The molecule has 5 aromatic rings. The Bertz CT molecular complexity index is 1310. The minimum atomic E-state index is -0.491. The second kappa shape index (κ2) is 7.65. The summed E-state index contributed by atoms with van der Waals surface area (Å²) in [4.78, 5) is 5.53. The zero-order valence-electron chi connectivity index (χ0n) is 16.0. The van der Waals surface area contributed by atoms with Crippen LogP contribution < -0.4 is 10.5 Å². The lowest BCUT2D eigenvalue weighted by Gasteiger charge is -2.07. The van der Waals surface area contributed by atoms with Crippen molar-refractivity contribution in [3.8, 4) is 21.9 Å². The first-order chi connectivity index (χ1) is 14.7. The Balaban J connectivity index is 1.44. The third kappa shape index (κ3) is 3.65. The lowest BCUT2D eigenvalue weighted by atomic mass is 10.1. The fraction of sp³-hybridized carbons (Fsp3) is 0.0417. The molecule has 0 aliphatic heterocycles. The molecule has 0 unspecified atom stereocenters. The lowest BCUT2D eigenvalue weighted by Crippen LogP contribution is -1.95. The Hall–Kier alpha value is -3.64. The van der Waals surface area contributed by atoms with Gasteiger partial charge in [0, 0.05) is 47.8 Å². The second-order valence-electron chi connectivity index (χ2n) is 6.98. The van der Waals surface area contributed by atoms with Crippen molar-refractivity contribution in [2.24, 2.45) is 0 Å². The van der Waals surface area contributed by atoms with Gasteiger partial charge in [0.25, 0.3) is 0 Å². The van der Waals surface area contributed by atoms with Gasteiger partial charge in [0.05, 0.1) is 10.2 Å². The Morgan fingerprint density at radius 2 is 1.77 bits per heavy atom. The number of rotatable bonds is 5. The molecule has 5 rings (SSSR count). The molecule has 6 heteroatoms. The standard InChI is InChI=1S/C24H18FN3OS/c25-19-13-18(26)7-8-21(19)29-22-9-10-27-20-14-23(30-24(20)22)17-5-3-16(4-6-17)15-28-11-1-2-12-28/h1-14H,15,26H2. The van der Waals surface area contributed by atoms with E-state index in [1.165, 1.54) is 17.7 Å². The van der Waals surface area contributed by atoms with Crippen LogP contribution in [0.1, 0.15) is 5.56 Å². The van der Waals surface area contributed by atoms with Gasteiger partial charge < -0.3 is 15.0 Å². The monoisotopic (exact) mass is 415 g/mol. The topological polar surface area (TPSA) is 53.1 Å². The second-order valence-corrected chi connectivity index (χ2v) is 8.03. The van der Waals surface area contributed by atoms with Crippen molar-refractivity contribution in [1.82, 2.24) is 9.55 Å². The molecule has 148 valence electrons. The van der Waals surface area contributed by atoms with Crippen LogP contribution in [0.4, 0.5) is 10.1 Å². The average Bonchev–Trinajstić information content (AvgIpc) is 3.41. The van der Waals surface area contributed by atoms with Crippen LogP contribution in [0.3, 0.4) is 0 Å². The minimum Gasteiger partial charge on any atom is -0.453 e. The van der Waals surface area contributed by atoms with Gasteiger partial charge in [-0.25, -0.2) is 4.39 Å². The number of nitrogens with two attached hydrogens (primary N) is 1. The molecule has 0 aliphatic carbocycles. The van der Waals surface area contributed by atoms with E-state index < -0.39 is 5.82 Å². The molecule has 0 bridgehead atoms. The van der Waals surface area contributed by atoms with Gasteiger partial charge in [-0.3, -0.25) is 4.98 Å². The van der Waals surface area contributed by atoms with E-state index in [2.05, 4.69) is 46.2 Å². The molecule has 0 atom stereocenters. The highest BCUT2D eigenvalue weighted by molar-refractivity contribution is 7.22. The Morgan fingerprint density at radius 1 is 0.967 bits per heavy atom. The van der Waals surface area contributed by atoms with E-state index in [9.17, 15) is 4.39 Å². The molecule has 0 aliphatic rings. The number of hydrogen-bond acceptors (Lipinski definition) is 4. The molecular formula is C24H18FN3OS. The molecule has 4 nitrogen and oxygen atoms in total. The maximum atomic E-state index is 14.2. The van der Waals surface area contributed by atoms with Crippen molar-refractivity contribution in [3.63, 3.8) is 0 Å². The Labute approximate surface area is 177 Å². The Kier molecular flexibility index (Phi) is 4.69. The molecule has 0 fully saturated rings. The number of nitrogen functional groups attached to an aromatic ring is 1. The number of hydrogen-bond donors (Lipinski definition) is 1. The number of halogens is 1. The molecule has 0 spiro atoms. The van der Waals surface area contributed by atoms with Crippen molar-refractivity contribution in [2.75, 3.05) is 5.73 Å². The molecule has 30 heavy (non-hydrogen) atoms. The lowest BCUT2D eigenvalue weighted by molar-refractivity contribution is 0.447. The van der Waals surface area contributed by atoms with E-state index in [-0.39, 0.29) is 5.75 Å². The van der Waals surface area contributed by atoms with E-state index in [1.807, 2.05) is 18.2 Å². The summed E-state index contributed by atoms with van der Waals surface area (Å²) in [5, 5.41) is 0. The largest absolute Gasteiger partial charge is 0.453 e. The van der Waals surface area contributed by atoms with Crippen molar-refractivity contribution < 1.29 is 9.13 Å². The molecule has 0 radical (unpaired) electrons. The van der Waals surface area contributed by atoms with Crippen LogP contribution in [0.25, 0.3) is 20.7 Å². The SMILES string of the molecule is Nc1ccc(Oc2ccnc3cc(-c4ccc(Cn5cccc5)cc4)sc23)c(F)c1. The van der Waals surface area contributed by atoms with Crippen LogP contribution in [-0.2, 0) is 6.54 Å². The smallest absolute Gasteiger partial charge is 0.167 e. The zero-order chi connectivity index (χ0) is 20.5. The first-order valence-corrected chi connectivity index (χ1v) is 10.3. The van der Waals surface area contributed by atoms with E-state index >= 15 is 0 Å². The van der Waals surface area contributed by atoms with Crippen LogP contribution >= 0.6 is 11.3 Å². The molecule has 0 saturated carbocycles. The van der Waals surface area contributed by atoms with E-state index in [0.29, 0.717) is 11.4 Å². The first kappa shape index (κ1) is 18.4. The zero-order valence-corrected chi connectivity index (χ0v) is 16.8. The number of anilines is 1. The van der Waals surface area contributed by atoms with Crippen molar-refractivity contribution in [2.45, 2.75) is 6.54 Å². The van der Waals surface area contributed by atoms with E-state index in [0.717, 1.165) is 27.2 Å². The summed E-state index contributed by atoms with van der Waals surface area (Å²) in [6.45, 7) is 0.840. The Morgan fingerprint density at radius 3 is 2.53 bits per heavy atom. The fourth-order valence-electron chi connectivity index (χ4n) is 3.32. The van der Waals surface area contributed by atoms with Crippen molar-refractivity contribution in [3.05, 3.63) is 96.7 Å². The number of fused-ring (bicyclic) bond motifs is 1. The number of thiophene rings is 1. The van der Waals surface area contributed by atoms with Crippen LogP contribution in [0.5, 0.6) is 11.5 Å². The molecule has 0 saturated heterocycles. The highest BCUT2D eigenvalue weighted by Gasteiger charge is 2.13.